The van der Waals surface area contributed by atoms with Crippen molar-refractivity contribution in [2.24, 2.45) is 0 Å². The van der Waals surface area contributed by atoms with Crippen LogP contribution in [-0.4, -0.2) is 17.7 Å². The molecule has 1 fully saturated rings. The van der Waals surface area contributed by atoms with E-state index < -0.39 is 17.0 Å². The van der Waals surface area contributed by atoms with E-state index in [9.17, 15) is 13.6 Å². The fourth-order valence-corrected chi connectivity index (χ4v) is 4.07. The second-order valence-electron chi connectivity index (χ2n) is 6.28. The van der Waals surface area contributed by atoms with Crippen LogP contribution in [0.25, 0.3) is 0 Å². The van der Waals surface area contributed by atoms with Gasteiger partial charge in [-0.3, -0.25) is 4.79 Å². The molecule has 3 nitrogen and oxygen atoms in total. The molecular weight excluding hydrogens is 322 g/mol. The van der Waals surface area contributed by atoms with Crippen molar-refractivity contribution >= 4 is 12.4 Å². The van der Waals surface area contributed by atoms with Crippen LogP contribution in [0.5, 0.6) is 0 Å². The maximum Gasteiger partial charge on any atom is 0.250 e. The number of pyridine rings is 1. The van der Waals surface area contributed by atoms with Gasteiger partial charge in [0.15, 0.2) is 0 Å². The van der Waals surface area contributed by atoms with E-state index in [0.717, 1.165) is 12.2 Å². The van der Waals surface area contributed by atoms with E-state index in [2.05, 4.69) is 5.32 Å². The molecule has 0 aliphatic carbocycles. The highest BCUT2D eigenvalue weighted by Gasteiger charge is 2.46. The van der Waals surface area contributed by atoms with Crippen LogP contribution in [0.15, 0.2) is 41.2 Å². The molecule has 6 heteroatoms. The molecule has 1 N–H and O–H groups in total. The van der Waals surface area contributed by atoms with E-state index in [-0.39, 0.29) is 29.4 Å². The number of nitrogens with one attached hydrogen (secondary N) is 1. The van der Waals surface area contributed by atoms with E-state index in [1.165, 1.54) is 24.3 Å². The molecular formula is C17H17ClF2N2O. The zero-order chi connectivity index (χ0) is 15.3. The molecule has 0 unspecified atom stereocenters. The summed E-state index contributed by atoms with van der Waals surface area (Å²) in [6.07, 6.45) is 0.654. The topological polar surface area (TPSA) is 34.0 Å². The average molecular weight is 339 g/mol. The van der Waals surface area contributed by atoms with E-state index in [1.807, 2.05) is 6.07 Å². The van der Waals surface area contributed by atoms with Gasteiger partial charge in [0.25, 0.3) is 5.56 Å². The number of aromatic nitrogens is 1. The summed E-state index contributed by atoms with van der Waals surface area (Å²) in [4.78, 5) is 12.2. The van der Waals surface area contributed by atoms with Gasteiger partial charge in [-0.15, -0.1) is 12.4 Å². The number of benzene rings is 1. The minimum atomic E-state index is -0.712. The number of nitrogens with zero attached hydrogens (tertiary/aromatic N) is 1. The lowest BCUT2D eigenvalue weighted by atomic mass is 9.67. The highest BCUT2D eigenvalue weighted by Crippen LogP contribution is 2.44. The van der Waals surface area contributed by atoms with Gasteiger partial charge in [0, 0.05) is 48.3 Å². The minimum absolute atomic E-state index is 0. The molecule has 0 radical (unpaired) electrons. The molecule has 2 atom stereocenters. The Morgan fingerprint density at radius 1 is 1.13 bits per heavy atom. The fourth-order valence-electron chi connectivity index (χ4n) is 4.07. The first-order valence-corrected chi connectivity index (χ1v) is 7.46. The van der Waals surface area contributed by atoms with Crippen molar-refractivity contribution in [1.29, 1.82) is 0 Å². The summed E-state index contributed by atoms with van der Waals surface area (Å²) in [5.74, 6) is -0.972. The summed E-state index contributed by atoms with van der Waals surface area (Å²) in [6.45, 7) is 1.51. The Morgan fingerprint density at radius 2 is 1.83 bits per heavy atom. The maximum atomic E-state index is 14.3. The van der Waals surface area contributed by atoms with E-state index in [0.29, 0.717) is 19.5 Å². The quantitative estimate of drug-likeness (QED) is 0.867. The van der Waals surface area contributed by atoms with Gasteiger partial charge in [0.05, 0.1) is 0 Å². The van der Waals surface area contributed by atoms with Crippen molar-refractivity contribution in [3.05, 3.63) is 69.6 Å². The molecule has 122 valence electrons. The Bertz CT molecular complexity index is 787. The molecule has 0 amide bonds. The standard InChI is InChI=1S/C17H16F2N2O.ClH/c18-12-3-1-4-13(19)16(12)17-7-11(8-20-9-17)14-5-2-6-15(22)21(14)10-17;/h1-6,11,20H,7-10H2;1H/t11-,17-;/m1./s1. The van der Waals surface area contributed by atoms with Gasteiger partial charge in [-0.05, 0) is 24.6 Å². The summed E-state index contributed by atoms with van der Waals surface area (Å²) in [7, 11) is 0. The highest BCUT2D eigenvalue weighted by molar-refractivity contribution is 5.85. The lowest BCUT2D eigenvalue weighted by molar-refractivity contribution is 0.196. The van der Waals surface area contributed by atoms with Crippen LogP contribution >= 0.6 is 12.4 Å². The van der Waals surface area contributed by atoms with Crippen LogP contribution in [0.3, 0.4) is 0 Å². The molecule has 2 bridgehead atoms. The maximum absolute atomic E-state index is 14.3. The number of hydrogen-bond acceptors (Lipinski definition) is 2. The molecule has 2 aliphatic heterocycles. The Morgan fingerprint density at radius 3 is 2.57 bits per heavy atom. The number of piperidine rings is 1. The van der Waals surface area contributed by atoms with Crippen LogP contribution in [0.1, 0.15) is 23.6 Å². The number of hydrogen-bond donors (Lipinski definition) is 1. The summed E-state index contributed by atoms with van der Waals surface area (Å²) in [5.41, 5.74) is 0.238. The lowest BCUT2D eigenvalue weighted by Crippen LogP contribution is -2.55. The average Bonchev–Trinajstić information content (AvgIpc) is 2.49. The molecule has 3 heterocycles. The summed E-state index contributed by atoms with van der Waals surface area (Å²) in [6, 6.07) is 9.14. The molecule has 1 saturated heterocycles. The Labute approximate surface area is 138 Å². The third-order valence-corrected chi connectivity index (χ3v) is 4.95. The number of fused-ring (bicyclic) bond motifs is 4. The van der Waals surface area contributed by atoms with Crippen LogP contribution in [0.4, 0.5) is 8.78 Å². The first-order valence-electron chi connectivity index (χ1n) is 7.46. The summed E-state index contributed by atoms with van der Waals surface area (Å²) >= 11 is 0. The predicted octanol–water partition coefficient (Wildman–Crippen LogP) is 2.58. The van der Waals surface area contributed by atoms with Gasteiger partial charge in [0.1, 0.15) is 11.6 Å². The van der Waals surface area contributed by atoms with Crippen LogP contribution in [-0.2, 0) is 12.0 Å². The largest absolute Gasteiger partial charge is 0.315 e. The fraction of sp³-hybridized carbons (Fsp3) is 0.353. The number of halogens is 3. The summed E-state index contributed by atoms with van der Waals surface area (Å²) < 4.78 is 30.4. The second-order valence-corrected chi connectivity index (χ2v) is 6.28. The van der Waals surface area contributed by atoms with Crippen LogP contribution in [0.2, 0.25) is 0 Å². The predicted molar refractivity (Wildman–Crippen MR) is 86.2 cm³/mol. The van der Waals surface area contributed by atoms with Crippen molar-refractivity contribution < 1.29 is 8.78 Å². The number of rotatable bonds is 1. The molecule has 2 aromatic rings. The molecule has 23 heavy (non-hydrogen) atoms. The smallest absolute Gasteiger partial charge is 0.250 e. The van der Waals surface area contributed by atoms with Crippen LogP contribution < -0.4 is 10.9 Å². The second kappa shape index (κ2) is 5.73. The normalized spacial score (nSPS) is 25.4. The van der Waals surface area contributed by atoms with Crippen molar-refractivity contribution in [3.8, 4) is 0 Å². The summed E-state index contributed by atoms with van der Waals surface area (Å²) in [5, 5.41) is 3.29. The Hall–Kier alpha value is -1.72. The van der Waals surface area contributed by atoms with Gasteiger partial charge >= 0.3 is 0 Å². The monoisotopic (exact) mass is 338 g/mol. The third kappa shape index (κ3) is 2.39. The van der Waals surface area contributed by atoms with Crippen molar-refractivity contribution in [2.45, 2.75) is 24.3 Å². The molecule has 1 aromatic heterocycles. The third-order valence-electron chi connectivity index (χ3n) is 4.95. The SMILES string of the molecule is Cl.O=c1cccc2n1C[C@]1(c3c(F)cccc3F)CNC[C@H]2C1. The van der Waals surface area contributed by atoms with E-state index >= 15 is 0 Å². The van der Waals surface area contributed by atoms with Crippen molar-refractivity contribution in [2.75, 3.05) is 13.1 Å². The highest BCUT2D eigenvalue weighted by atomic mass is 35.5. The van der Waals surface area contributed by atoms with Gasteiger partial charge < -0.3 is 9.88 Å². The van der Waals surface area contributed by atoms with Crippen LogP contribution in [0, 0.1) is 11.6 Å². The molecule has 1 aromatic carbocycles. The van der Waals surface area contributed by atoms with E-state index in [1.54, 1.807) is 10.6 Å². The molecule has 2 aliphatic rings. The molecule has 0 saturated carbocycles. The van der Waals surface area contributed by atoms with Gasteiger partial charge in [0.2, 0.25) is 0 Å². The first-order chi connectivity index (χ1) is 10.6. The zero-order valence-corrected chi connectivity index (χ0v) is 13.2. The molecule has 0 spiro atoms. The Kier molecular flexibility index (Phi) is 4.02. The molecule has 4 rings (SSSR count). The van der Waals surface area contributed by atoms with Gasteiger partial charge in [-0.25, -0.2) is 8.78 Å². The lowest BCUT2D eigenvalue weighted by Gasteiger charge is -2.47. The van der Waals surface area contributed by atoms with Crippen molar-refractivity contribution in [1.82, 2.24) is 9.88 Å². The zero-order valence-electron chi connectivity index (χ0n) is 12.4. The first kappa shape index (κ1) is 16.1. The van der Waals surface area contributed by atoms with Gasteiger partial charge in [-0.1, -0.05) is 12.1 Å². The van der Waals surface area contributed by atoms with Gasteiger partial charge in [-0.2, -0.15) is 0 Å². The van der Waals surface area contributed by atoms with E-state index in [4.69, 9.17) is 0 Å². The van der Waals surface area contributed by atoms with Crippen molar-refractivity contribution in [3.63, 3.8) is 0 Å². The minimum Gasteiger partial charge on any atom is -0.315 e. The Balaban J connectivity index is 0.00000156.